The number of nitrogens with zero attached hydrogens (tertiary/aromatic N) is 1. The summed E-state index contributed by atoms with van der Waals surface area (Å²) in [7, 11) is 1.41. The molecule has 2 aromatic carbocycles. The molecule has 0 aromatic heterocycles. The Morgan fingerprint density at radius 1 is 1.21 bits per heavy atom. The molecule has 0 aliphatic carbocycles. The largest absolute Gasteiger partial charge is 0.497 e. The highest BCUT2D eigenvalue weighted by molar-refractivity contribution is 5.95. The molecule has 1 amide bonds. The van der Waals surface area contributed by atoms with Crippen LogP contribution in [-0.2, 0) is 9.53 Å². The van der Waals surface area contributed by atoms with Gasteiger partial charge in [-0.3, -0.25) is 9.59 Å². The van der Waals surface area contributed by atoms with E-state index in [2.05, 4.69) is 0 Å². The van der Waals surface area contributed by atoms with Gasteiger partial charge in [0.05, 0.1) is 38.3 Å². The van der Waals surface area contributed by atoms with E-state index in [9.17, 15) is 18.4 Å². The van der Waals surface area contributed by atoms with Gasteiger partial charge in [0, 0.05) is 18.2 Å². The van der Waals surface area contributed by atoms with Gasteiger partial charge in [-0.2, -0.15) is 0 Å². The molecule has 0 bridgehead atoms. The van der Waals surface area contributed by atoms with E-state index in [1.165, 1.54) is 36.3 Å². The van der Waals surface area contributed by atoms with Crippen LogP contribution in [-0.4, -0.2) is 54.8 Å². The number of rotatable bonds is 5. The average molecular weight is 391 g/mol. The third-order valence-corrected chi connectivity index (χ3v) is 4.59. The molecule has 1 fully saturated rings. The lowest BCUT2D eigenvalue weighted by atomic mass is 10.0. The van der Waals surface area contributed by atoms with Gasteiger partial charge in [0.25, 0.3) is 5.91 Å². The Morgan fingerprint density at radius 2 is 2.00 bits per heavy atom. The van der Waals surface area contributed by atoms with Crippen LogP contribution in [0.25, 0.3) is 11.1 Å². The summed E-state index contributed by atoms with van der Waals surface area (Å²) >= 11 is 0. The Labute approximate surface area is 160 Å². The fourth-order valence-electron chi connectivity index (χ4n) is 3.16. The average Bonchev–Trinajstić information content (AvgIpc) is 2.67. The smallest absolute Gasteiger partial charge is 0.305 e. The number of methoxy groups -OCH3 is 1. The Bertz CT molecular complexity index is 902. The number of carboxylic acids is 1. The minimum absolute atomic E-state index is 0.0782. The summed E-state index contributed by atoms with van der Waals surface area (Å²) in [5.74, 6) is -2.73. The van der Waals surface area contributed by atoms with Crippen LogP contribution in [0.3, 0.4) is 0 Å². The van der Waals surface area contributed by atoms with Crippen molar-refractivity contribution >= 4 is 11.9 Å². The van der Waals surface area contributed by atoms with E-state index in [-0.39, 0.29) is 42.9 Å². The lowest BCUT2D eigenvalue weighted by molar-refractivity contribution is -0.139. The van der Waals surface area contributed by atoms with Crippen molar-refractivity contribution in [2.75, 3.05) is 26.9 Å². The number of hydrogen-bond acceptors (Lipinski definition) is 4. The predicted molar refractivity (Wildman–Crippen MR) is 96.2 cm³/mol. The van der Waals surface area contributed by atoms with Crippen LogP contribution in [0.1, 0.15) is 16.8 Å². The molecule has 1 aliphatic heterocycles. The maximum absolute atomic E-state index is 14.7. The van der Waals surface area contributed by atoms with E-state index in [1.807, 2.05) is 0 Å². The summed E-state index contributed by atoms with van der Waals surface area (Å²) in [4.78, 5) is 25.1. The monoisotopic (exact) mass is 391 g/mol. The molecule has 1 heterocycles. The summed E-state index contributed by atoms with van der Waals surface area (Å²) in [5, 5.41) is 9.00. The van der Waals surface area contributed by atoms with Crippen molar-refractivity contribution in [3.05, 3.63) is 53.6 Å². The minimum Gasteiger partial charge on any atom is -0.497 e. The molecule has 28 heavy (non-hydrogen) atoms. The van der Waals surface area contributed by atoms with E-state index >= 15 is 0 Å². The molecule has 0 spiro atoms. The molecule has 1 saturated heterocycles. The zero-order valence-corrected chi connectivity index (χ0v) is 15.2. The topological polar surface area (TPSA) is 76.1 Å². The fourth-order valence-corrected chi connectivity index (χ4v) is 3.16. The number of carboxylic acid groups (broad SMARTS) is 1. The van der Waals surface area contributed by atoms with E-state index in [4.69, 9.17) is 14.6 Å². The highest BCUT2D eigenvalue weighted by Gasteiger charge is 2.31. The number of amides is 1. The lowest BCUT2D eigenvalue weighted by Gasteiger charge is -2.35. The zero-order chi connectivity index (χ0) is 20.3. The van der Waals surface area contributed by atoms with E-state index < -0.39 is 29.6 Å². The van der Waals surface area contributed by atoms with Crippen LogP contribution >= 0.6 is 0 Å². The quantitative estimate of drug-likeness (QED) is 0.848. The molecular weight excluding hydrogens is 372 g/mol. The maximum Gasteiger partial charge on any atom is 0.305 e. The number of carbonyl (C=O) groups excluding carboxylic acids is 1. The van der Waals surface area contributed by atoms with Gasteiger partial charge in [0.1, 0.15) is 17.4 Å². The zero-order valence-electron chi connectivity index (χ0n) is 15.2. The van der Waals surface area contributed by atoms with Gasteiger partial charge < -0.3 is 19.5 Å². The molecule has 1 atom stereocenters. The Kier molecular flexibility index (Phi) is 5.89. The van der Waals surface area contributed by atoms with Crippen LogP contribution < -0.4 is 4.74 Å². The lowest BCUT2D eigenvalue weighted by Crippen LogP contribution is -2.49. The van der Waals surface area contributed by atoms with Crippen LogP contribution in [0.15, 0.2) is 36.4 Å². The van der Waals surface area contributed by atoms with Crippen molar-refractivity contribution in [1.29, 1.82) is 0 Å². The predicted octanol–water partition coefficient (Wildman–Crippen LogP) is 2.96. The van der Waals surface area contributed by atoms with Gasteiger partial charge in [-0.15, -0.1) is 0 Å². The van der Waals surface area contributed by atoms with Crippen molar-refractivity contribution in [3.8, 4) is 16.9 Å². The van der Waals surface area contributed by atoms with Crippen LogP contribution in [0.5, 0.6) is 5.75 Å². The SMILES string of the molecule is COc1ccc(-c2ccc(C(=O)N3CCOCC3CC(=O)O)c(F)c2)c(F)c1. The highest BCUT2D eigenvalue weighted by atomic mass is 19.1. The second kappa shape index (κ2) is 8.35. The van der Waals surface area contributed by atoms with E-state index in [1.54, 1.807) is 6.07 Å². The van der Waals surface area contributed by atoms with Gasteiger partial charge in [0.2, 0.25) is 0 Å². The van der Waals surface area contributed by atoms with Gasteiger partial charge >= 0.3 is 5.97 Å². The van der Waals surface area contributed by atoms with Gasteiger partial charge in [-0.25, -0.2) is 8.78 Å². The third kappa shape index (κ3) is 4.12. The Morgan fingerprint density at radius 3 is 2.64 bits per heavy atom. The van der Waals surface area contributed by atoms with Gasteiger partial charge in [-0.1, -0.05) is 6.07 Å². The van der Waals surface area contributed by atoms with Crippen LogP contribution in [0, 0.1) is 11.6 Å². The number of aliphatic carboxylic acids is 1. The number of morpholine rings is 1. The Hall–Kier alpha value is -3.00. The summed E-state index contributed by atoms with van der Waals surface area (Å²) in [5.41, 5.74) is 0.252. The van der Waals surface area contributed by atoms with E-state index in [0.717, 1.165) is 6.07 Å². The summed E-state index contributed by atoms with van der Waals surface area (Å²) in [6.07, 6.45) is -0.289. The molecule has 3 rings (SSSR count). The number of carbonyl (C=O) groups is 2. The number of hydrogen-bond donors (Lipinski definition) is 1. The molecule has 1 aliphatic rings. The molecule has 148 valence electrons. The number of halogens is 2. The summed E-state index contributed by atoms with van der Waals surface area (Å²) in [6.45, 7) is 0.499. The maximum atomic E-state index is 14.7. The molecule has 1 N–H and O–H groups in total. The van der Waals surface area contributed by atoms with Gasteiger partial charge in [0.15, 0.2) is 0 Å². The standard InChI is InChI=1S/C20H19F2NO5/c1-27-14-3-5-15(18(22)10-14)12-2-4-16(17(21)8-12)20(26)23-6-7-28-11-13(23)9-19(24)25/h2-5,8,10,13H,6-7,9,11H2,1H3,(H,24,25). The second-order valence-electron chi connectivity index (χ2n) is 6.37. The summed E-state index contributed by atoms with van der Waals surface area (Å²) < 4.78 is 39.1. The molecule has 0 saturated carbocycles. The first-order valence-electron chi connectivity index (χ1n) is 8.64. The Balaban J connectivity index is 1.87. The third-order valence-electron chi connectivity index (χ3n) is 4.59. The van der Waals surface area contributed by atoms with Crippen molar-refractivity contribution in [1.82, 2.24) is 4.90 Å². The first kappa shape index (κ1) is 19.8. The van der Waals surface area contributed by atoms with Crippen molar-refractivity contribution in [2.24, 2.45) is 0 Å². The molecule has 0 radical (unpaired) electrons. The minimum atomic E-state index is -1.07. The molecular formula is C20H19F2NO5. The normalized spacial score (nSPS) is 16.7. The van der Waals surface area contributed by atoms with Crippen molar-refractivity contribution in [2.45, 2.75) is 12.5 Å². The number of benzene rings is 2. The highest BCUT2D eigenvalue weighted by Crippen LogP contribution is 2.28. The van der Waals surface area contributed by atoms with E-state index in [0.29, 0.717) is 5.75 Å². The first-order valence-corrected chi connectivity index (χ1v) is 8.64. The van der Waals surface area contributed by atoms with Gasteiger partial charge in [-0.05, 0) is 29.8 Å². The second-order valence-corrected chi connectivity index (χ2v) is 6.37. The first-order chi connectivity index (χ1) is 13.4. The fraction of sp³-hybridized carbons (Fsp3) is 0.300. The number of ether oxygens (including phenoxy) is 2. The van der Waals surface area contributed by atoms with Crippen LogP contribution in [0.4, 0.5) is 8.78 Å². The molecule has 1 unspecified atom stereocenters. The van der Waals surface area contributed by atoms with Crippen molar-refractivity contribution < 1.29 is 33.0 Å². The molecule has 8 heteroatoms. The molecule has 2 aromatic rings. The molecule has 6 nitrogen and oxygen atoms in total. The van der Waals surface area contributed by atoms with Crippen molar-refractivity contribution in [3.63, 3.8) is 0 Å². The summed E-state index contributed by atoms with van der Waals surface area (Å²) in [6, 6.07) is 7.37. The van der Waals surface area contributed by atoms with Crippen LogP contribution in [0.2, 0.25) is 0 Å².